The van der Waals surface area contributed by atoms with Gasteiger partial charge in [0.2, 0.25) is 5.91 Å². The number of unbranched alkanes of at least 4 members (excludes halogenated alkanes) is 3. The molecule has 19 heavy (non-hydrogen) atoms. The number of amides is 1. The minimum absolute atomic E-state index is 0.0495. The number of nitrogens with two attached hydrogens (primary N) is 1. The first kappa shape index (κ1) is 16.4. The molecule has 1 fully saturated rings. The maximum absolute atomic E-state index is 12.1. The van der Waals surface area contributed by atoms with Crippen LogP contribution < -0.4 is 11.1 Å². The minimum Gasteiger partial charge on any atom is -0.392 e. The summed E-state index contributed by atoms with van der Waals surface area (Å²) in [4.78, 5) is 12.5. The highest BCUT2D eigenvalue weighted by Gasteiger charge is 2.46. The molecule has 0 unspecified atom stereocenters. The maximum Gasteiger partial charge on any atom is 0.233 e. The number of nitrogens with one attached hydrogen (secondary N) is 1. The number of carbonyl (C=O) groups is 1. The van der Waals surface area contributed by atoms with E-state index < -0.39 is 5.41 Å². The lowest BCUT2D eigenvalue weighted by atomic mass is 9.68. The zero-order valence-electron chi connectivity index (χ0n) is 12.3. The van der Waals surface area contributed by atoms with Crippen LogP contribution in [0.25, 0.3) is 0 Å². The van der Waals surface area contributed by atoms with Gasteiger partial charge in [-0.25, -0.2) is 0 Å². The summed E-state index contributed by atoms with van der Waals surface area (Å²) in [6.07, 6.45) is 8.79. The number of hydrogen-bond donors (Lipinski definition) is 2. The zero-order chi connectivity index (χ0) is 14.3. The van der Waals surface area contributed by atoms with Gasteiger partial charge in [0, 0.05) is 6.54 Å². The van der Waals surface area contributed by atoms with Crippen molar-refractivity contribution in [3.63, 3.8) is 0 Å². The molecule has 0 bridgehead atoms. The van der Waals surface area contributed by atoms with E-state index in [9.17, 15) is 4.79 Å². The van der Waals surface area contributed by atoms with E-state index in [0.29, 0.717) is 4.99 Å². The van der Waals surface area contributed by atoms with Crippen molar-refractivity contribution in [1.29, 1.82) is 0 Å². The average Bonchev–Trinajstić information content (AvgIpc) is 2.25. The largest absolute Gasteiger partial charge is 0.392 e. The quantitative estimate of drug-likeness (QED) is 0.505. The van der Waals surface area contributed by atoms with Crippen LogP contribution in [0.2, 0.25) is 0 Å². The Hall–Kier alpha value is -0.640. The number of hydrogen-bond acceptors (Lipinski definition) is 2. The van der Waals surface area contributed by atoms with Crippen LogP contribution in [-0.2, 0) is 4.79 Å². The van der Waals surface area contributed by atoms with Crippen LogP contribution >= 0.6 is 12.2 Å². The van der Waals surface area contributed by atoms with E-state index in [2.05, 4.69) is 19.2 Å². The first-order valence-corrected chi connectivity index (χ1v) is 7.98. The number of rotatable bonds is 9. The van der Waals surface area contributed by atoms with Crippen molar-refractivity contribution in [3.05, 3.63) is 0 Å². The Balaban J connectivity index is 2.09. The van der Waals surface area contributed by atoms with Crippen LogP contribution in [0.4, 0.5) is 0 Å². The number of thiocarbonyl (C=S) groups is 1. The van der Waals surface area contributed by atoms with Crippen LogP contribution in [0.15, 0.2) is 0 Å². The van der Waals surface area contributed by atoms with E-state index >= 15 is 0 Å². The molecule has 0 aromatic carbocycles. The van der Waals surface area contributed by atoms with Gasteiger partial charge >= 0.3 is 0 Å². The summed E-state index contributed by atoms with van der Waals surface area (Å²) in [5.74, 6) is 0.845. The Bertz CT molecular complexity index is 311. The lowest BCUT2D eigenvalue weighted by Crippen LogP contribution is -2.53. The highest BCUT2D eigenvalue weighted by Crippen LogP contribution is 2.41. The molecule has 0 spiro atoms. The molecule has 1 saturated carbocycles. The lowest BCUT2D eigenvalue weighted by Gasteiger charge is -2.39. The Morgan fingerprint density at radius 2 is 1.89 bits per heavy atom. The van der Waals surface area contributed by atoms with E-state index in [0.717, 1.165) is 38.1 Å². The highest BCUT2D eigenvalue weighted by atomic mass is 32.1. The second-order valence-corrected chi connectivity index (χ2v) is 6.59. The van der Waals surface area contributed by atoms with E-state index in [1.165, 1.54) is 25.7 Å². The second-order valence-electron chi connectivity index (χ2n) is 6.15. The standard InChI is InChI=1S/C15H28N2OS/c1-12(2)8-5-3-4-6-11-17-14(18)15(13(16)19)9-7-10-15/h12H,3-11H2,1-2H3,(H2,16,19)(H,17,18). The van der Waals surface area contributed by atoms with Gasteiger partial charge in [-0.15, -0.1) is 0 Å². The zero-order valence-corrected chi connectivity index (χ0v) is 13.2. The summed E-state index contributed by atoms with van der Waals surface area (Å²) in [6.45, 7) is 5.27. The van der Waals surface area contributed by atoms with Gasteiger partial charge in [0.05, 0.1) is 10.4 Å². The van der Waals surface area contributed by atoms with Gasteiger partial charge < -0.3 is 11.1 Å². The van der Waals surface area contributed by atoms with E-state index in [4.69, 9.17) is 18.0 Å². The third kappa shape index (κ3) is 4.75. The molecule has 0 heterocycles. The SMILES string of the molecule is CC(C)CCCCCCNC(=O)C1(C(N)=S)CCC1. The molecule has 3 N–H and O–H groups in total. The summed E-state index contributed by atoms with van der Waals surface area (Å²) in [7, 11) is 0. The highest BCUT2D eigenvalue weighted by molar-refractivity contribution is 7.80. The molecular weight excluding hydrogens is 256 g/mol. The van der Waals surface area contributed by atoms with E-state index in [-0.39, 0.29) is 5.91 Å². The fraction of sp³-hybridized carbons (Fsp3) is 0.867. The van der Waals surface area contributed by atoms with Crippen LogP contribution in [0.5, 0.6) is 0 Å². The molecule has 4 heteroatoms. The Labute approximate surface area is 122 Å². The van der Waals surface area contributed by atoms with Gasteiger partial charge in [-0.3, -0.25) is 4.79 Å². The van der Waals surface area contributed by atoms with Crippen molar-refractivity contribution in [1.82, 2.24) is 5.32 Å². The van der Waals surface area contributed by atoms with Crippen molar-refractivity contribution in [3.8, 4) is 0 Å². The summed E-state index contributed by atoms with van der Waals surface area (Å²) in [5.41, 5.74) is 5.18. The van der Waals surface area contributed by atoms with E-state index in [1.54, 1.807) is 0 Å². The van der Waals surface area contributed by atoms with Gasteiger partial charge in [0.25, 0.3) is 0 Å². The fourth-order valence-electron chi connectivity index (χ4n) is 2.52. The van der Waals surface area contributed by atoms with Crippen LogP contribution in [0.1, 0.15) is 65.2 Å². The maximum atomic E-state index is 12.1. The molecule has 0 saturated heterocycles. The molecule has 0 radical (unpaired) electrons. The Morgan fingerprint density at radius 3 is 2.37 bits per heavy atom. The average molecular weight is 284 g/mol. The molecule has 0 aliphatic heterocycles. The first-order valence-electron chi connectivity index (χ1n) is 7.57. The van der Waals surface area contributed by atoms with Crippen molar-refractivity contribution in [2.24, 2.45) is 17.1 Å². The molecule has 1 aliphatic rings. The van der Waals surface area contributed by atoms with Crippen LogP contribution in [-0.4, -0.2) is 17.4 Å². The monoisotopic (exact) mass is 284 g/mol. The normalized spacial score (nSPS) is 17.0. The lowest BCUT2D eigenvalue weighted by molar-refractivity contribution is -0.130. The summed E-state index contributed by atoms with van der Waals surface area (Å²) < 4.78 is 0. The molecule has 0 aromatic heterocycles. The summed E-state index contributed by atoms with van der Waals surface area (Å²) in [5, 5.41) is 3.00. The van der Waals surface area contributed by atoms with Crippen molar-refractivity contribution < 1.29 is 4.79 Å². The third-order valence-corrected chi connectivity index (χ3v) is 4.50. The Kier molecular flexibility index (Phi) is 6.76. The first-order chi connectivity index (χ1) is 8.99. The van der Waals surface area contributed by atoms with Gasteiger partial charge in [0.15, 0.2) is 0 Å². The molecule has 1 aliphatic carbocycles. The molecule has 1 amide bonds. The third-order valence-electron chi connectivity index (χ3n) is 4.11. The van der Waals surface area contributed by atoms with Crippen molar-refractivity contribution >= 4 is 23.1 Å². The number of carbonyl (C=O) groups excluding carboxylic acids is 1. The Morgan fingerprint density at radius 1 is 1.26 bits per heavy atom. The van der Waals surface area contributed by atoms with Gasteiger partial charge in [-0.1, -0.05) is 58.2 Å². The van der Waals surface area contributed by atoms with Crippen LogP contribution in [0, 0.1) is 11.3 Å². The molecule has 0 atom stereocenters. The van der Waals surface area contributed by atoms with Gasteiger partial charge in [-0.05, 0) is 25.2 Å². The molecule has 110 valence electrons. The van der Waals surface area contributed by atoms with Crippen molar-refractivity contribution in [2.45, 2.75) is 65.2 Å². The molecule has 1 rings (SSSR count). The van der Waals surface area contributed by atoms with Gasteiger partial charge in [-0.2, -0.15) is 0 Å². The summed E-state index contributed by atoms with van der Waals surface area (Å²) in [6, 6.07) is 0. The van der Waals surface area contributed by atoms with Crippen LogP contribution in [0.3, 0.4) is 0 Å². The van der Waals surface area contributed by atoms with E-state index in [1.807, 2.05) is 0 Å². The van der Waals surface area contributed by atoms with Gasteiger partial charge in [0.1, 0.15) is 0 Å². The predicted molar refractivity (Wildman–Crippen MR) is 84.0 cm³/mol. The molecule has 0 aromatic rings. The second kappa shape index (κ2) is 7.83. The topological polar surface area (TPSA) is 55.1 Å². The summed E-state index contributed by atoms with van der Waals surface area (Å²) >= 11 is 5.03. The minimum atomic E-state index is -0.521. The fourth-order valence-corrected chi connectivity index (χ4v) is 2.81. The molecular formula is C15H28N2OS. The predicted octanol–water partition coefficient (Wildman–Crippen LogP) is 3.17. The smallest absolute Gasteiger partial charge is 0.233 e. The van der Waals surface area contributed by atoms with Crippen molar-refractivity contribution in [2.75, 3.05) is 6.54 Å². The molecule has 3 nitrogen and oxygen atoms in total.